The first-order valence-corrected chi connectivity index (χ1v) is 9.05. The highest BCUT2D eigenvalue weighted by Gasteiger charge is 2.16. The van der Waals surface area contributed by atoms with Gasteiger partial charge in [-0.1, -0.05) is 41.4 Å². The number of hydrogen-bond donors (Lipinski definition) is 1. The van der Waals surface area contributed by atoms with Crippen molar-refractivity contribution < 1.29 is 8.42 Å². The van der Waals surface area contributed by atoms with Crippen LogP contribution in [-0.4, -0.2) is 8.42 Å². The Morgan fingerprint density at radius 3 is 2.33 bits per heavy atom. The number of nitrogens with one attached hydrogen (secondary N) is 1. The molecule has 0 heterocycles. The standard InChI is InChI=1S/C17H10Cl2N2O2S/c18-13-7-14(19)9-16(8-13)24(22,23)21-15-4-5-17-11(6-15)2-1-3-12(17)10-20/h1-9,21H. The van der Waals surface area contributed by atoms with E-state index in [2.05, 4.69) is 10.8 Å². The number of halogens is 2. The second-order valence-electron chi connectivity index (χ2n) is 5.06. The van der Waals surface area contributed by atoms with Crippen molar-refractivity contribution in [3.8, 4) is 6.07 Å². The third kappa shape index (κ3) is 3.31. The lowest BCUT2D eigenvalue weighted by molar-refractivity contribution is 0.601. The van der Waals surface area contributed by atoms with Crippen LogP contribution < -0.4 is 4.72 Å². The van der Waals surface area contributed by atoms with Crippen molar-refractivity contribution in [2.75, 3.05) is 4.72 Å². The van der Waals surface area contributed by atoms with Gasteiger partial charge in [-0.2, -0.15) is 5.26 Å². The van der Waals surface area contributed by atoms with Gasteiger partial charge >= 0.3 is 0 Å². The van der Waals surface area contributed by atoms with E-state index in [9.17, 15) is 8.42 Å². The highest BCUT2D eigenvalue weighted by Crippen LogP contribution is 2.26. The quantitative estimate of drug-likeness (QED) is 0.712. The summed E-state index contributed by atoms with van der Waals surface area (Å²) in [5.41, 5.74) is 0.914. The van der Waals surface area contributed by atoms with E-state index in [4.69, 9.17) is 28.5 Å². The number of benzene rings is 3. The molecule has 0 saturated heterocycles. The summed E-state index contributed by atoms with van der Waals surface area (Å²) >= 11 is 11.7. The molecule has 0 bridgehead atoms. The Hall–Kier alpha value is -2.26. The SMILES string of the molecule is N#Cc1cccc2cc(NS(=O)(=O)c3cc(Cl)cc(Cl)c3)ccc12. The van der Waals surface area contributed by atoms with Gasteiger partial charge in [0.2, 0.25) is 0 Å². The second-order valence-corrected chi connectivity index (χ2v) is 7.62. The van der Waals surface area contributed by atoms with E-state index in [1.807, 2.05) is 6.07 Å². The van der Waals surface area contributed by atoms with Crippen LogP contribution in [0.15, 0.2) is 59.5 Å². The molecule has 120 valence electrons. The smallest absolute Gasteiger partial charge is 0.261 e. The largest absolute Gasteiger partial charge is 0.280 e. The van der Waals surface area contributed by atoms with Crippen LogP contribution in [0.4, 0.5) is 5.69 Å². The average Bonchev–Trinajstić information content (AvgIpc) is 2.52. The maximum Gasteiger partial charge on any atom is 0.261 e. The molecule has 0 amide bonds. The molecule has 0 radical (unpaired) electrons. The average molecular weight is 377 g/mol. The van der Waals surface area contributed by atoms with Crippen LogP contribution >= 0.6 is 23.2 Å². The van der Waals surface area contributed by atoms with Crippen molar-refractivity contribution in [2.45, 2.75) is 4.90 Å². The van der Waals surface area contributed by atoms with Crippen LogP contribution in [0.1, 0.15) is 5.56 Å². The van der Waals surface area contributed by atoms with Gasteiger partial charge in [-0.05, 0) is 47.2 Å². The Labute approximate surface area is 149 Å². The predicted molar refractivity (Wildman–Crippen MR) is 95.9 cm³/mol. The minimum Gasteiger partial charge on any atom is -0.280 e. The highest BCUT2D eigenvalue weighted by atomic mass is 35.5. The van der Waals surface area contributed by atoms with Crippen molar-refractivity contribution in [1.82, 2.24) is 0 Å². The first-order valence-electron chi connectivity index (χ1n) is 6.81. The van der Waals surface area contributed by atoms with Crippen molar-refractivity contribution >= 4 is 49.7 Å². The zero-order valence-electron chi connectivity index (χ0n) is 12.1. The van der Waals surface area contributed by atoms with Gasteiger partial charge in [0.1, 0.15) is 0 Å². The molecule has 0 atom stereocenters. The lowest BCUT2D eigenvalue weighted by Gasteiger charge is -2.10. The summed E-state index contributed by atoms with van der Waals surface area (Å²) < 4.78 is 27.5. The minimum atomic E-state index is -3.83. The molecule has 0 aromatic heterocycles. The maximum atomic E-state index is 12.5. The molecule has 0 saturated carbocycles. The molecule has 3 aromatic carbocycles. The molecule has 0 aliphatic carbocycles. The van der Waals surface area contributed by atoms with Crippen LogP contribution in [0.25, 0.3) is 10.8 Å². The summed E-state index contributed by atoms with van der Waals surface area (Å²) in [6.45, 7) is 0. The van der Waals surface area contributed by atoms with Crippen LogP contribution in [0.3, 0.4) is 0 Å². The molecular weight excluding hydrogens is 367 g/mol. The summed E-state index contributed by atoms with van der Waals surface area (Å²) in [6.07, 6.45) is 0. The Kier molecular flexibility index (Phi) is 4.37. The summed E-state index contributed by atoms with van der Waals surface area (Å²) in [4.78, 5) is -0.0223. The molecule has 0 aliphatic heterocycles. The van der Waals surface area contributed by atoms with E-state index in [0.717, 1.165) is 10.8 Å². The molecule has 3 aromatic rings. The summed E-state index contributed by atoms with van der Waals surface area (Å²) in [7, 11) is -3.83. The number of rotatable bonds is 3. The molecule has 0 spiro atoms. The van der Waals surface area contributed by atoms with Gasteiger partial charge in [-0.3, -0.25) is 4.72 Å². The zero-order valence-corrected chi connectivity index (χ0v) is 14.5. The third-order valence-corrected chi connectivity index (χ3v) is 5.20. The van der Waals surface area contributed by atoms with Gasteiger partial charge in [0, 0.05) is 15.7 Å². The fourth-order valence-electron chi connectivity index (χ4n) is 2.34. The van der Waals surface area contributed by atoms with Crippen molar-refractivity contribution in [3.05, 3.63) is 70.2 Å². The first kappa shape index (κ1) is 16.6. The Morgan fingerprint density at radius 1 is 0.958 bits per heavy atom. The van der Waals surface area contributed by atoms with E-state index >= 15 is 0 Å². The summed E-state index contributed by atoms with van der Waals surface area (Å²) in [5.74, 6) is 0. The van der Waals surface area contributed by atoms with Crippen LogP contribution in [0.2, 0.25) is 10.0 Å². The van der Waals surface area contributed by atoms with Crippen molar-refractivity contribution in [1.29, 1.82) is 5.26 Å². The van der Waals surface area contributed by atoms with E-state index < -0.39 is 10.0 Å². The van der Waals surface area contributed by atoms with Gasteiger partial charge in [-0.15, -0.1) is 0 Å². The Bertz CT molecular complexity index is 1070. The topological polar surface area (TPSA) is 70.0 Å². The predicted octanol–water partition coefficient (Wildman–Crippen LogP) is 4.82. The third-order valence-electron chi connectivity index (χ3n) is 3.40. The number of sulfonamides is 1. The van der Waals surface area contributed by atoms with Crippen LogP contribution in [0.5, 0.6) is 0 Å². The molecule has 0 fully saturated rings. The van der Waals surface area contributed by atoms with Crippen molar-refractivity contribution in [3.63, 3.8) is 0 Å². The summed E-state index contributed by atoms with van der Waals surface area (Å²) in [5, 5.41) is 11.1. The number of hydrogen-bond acceptors (Lipinski definition) is 3. The normalized spacial score (nSPS) is 11.2. The fraction of sp³-hybridized carbons (Fsp3) is 0. The molecular formula is C17H10Cl2N2O2S. The van der Waals surface area contributed by atoms with Gasteiger partial charge in [0.25, 0.3) is 10.0 Å². The van der Waals surface area contributed by atoms with E-state index in [1.165, 1.54) is 18.2 Å². The molecule has 7 heteroatoms. The number of nitriles is 1. The number of anilines is 1. The number of fused-ring (bicyclic) bond motifs is 1. The fourth-order valence-corrected chi connectivity index (χ4v) is 4.12. The molecule has 24 heavy (non-hydrogen) atoms. The van der Waals surface area contributed by atoms with Gasteiger partial charge in [0.05, 0.1) is 16.5 Å². The van der Waals surface area contributed by atoms with Gasteiger partial charge in [-0.25, -0.2) is 8.42 Å². The van der Waals surface area contributed by atoms with Gasteiger partial charge < -0.3 is 0 Å². The molecule has 3 rings (SSSR count). The zero-order chi connectivity index (χ0) is 17.3. The highest BCUT2D eigenvalue weighted by molar-refractivity contribution is 7.92. The minimum absolute atomic E-state index is 0.0223. The molecule has 1 N–H and O–H groups in total. The molecule has 0 unspecified atom stereocenters. The van der Waals surface area contributed by atoms with Crippen LogP contribution in [0, 0.1) is 11.3 Å². The summed E-state index contributed by atoms with van der Waals surface area (Å²) in [6, 6.07) is 16.5. The van der Waals surface area contributed by atoms with Gasteiger partial charge in [0.15, 0.2) is 0 Å². The number of nitrogens with zero attached hydrogens (tertiary/aromatic N) is 1. The van der Waals surface area contributed by atoms with Crippen LogP contribution in [-0.2, 0) is 10.0 Å². The van der Waals surface area contributed by atoms with Crippen molar-refractivity contribution in [2.24, 2.45) is 0 Å². The first-order chi connectivity index (χ1) is 11.4. The molecule has 4 nitrogen and oxygen atoms in total. The Balaban J connectivity index is 2.01. The monoisotopic (exact) mass is 376 g/mol. The van der Waals surface area contributed by atoms with E-state index in [1.54, 1.807) is 30.3 Å². The maximum absolute atomic E-state index is 12.5. The lowest BCUT2D eigenvalue weighted by atomic mass is 10.1. The van der Waals surface area contributed by atoms with E-state index in [0.29, 0.717) is 11.3 Å². The second kappa shape index (κ2) is 6.33. The lowest BCUT2D eigenvalue weighted by Crippen LogP contribution is -2.13. The molecule has 0 aliphatic rings. The van der Waals surface area contributed by atoms with E-state index in [-0.39, 0.29) is 14.9 Å². The Morgan fingerprint density at radius 2 is 1.67 bits per heavy atom.